The molecule has 14 heavy (non-hydrogen) atoms. The van der Waals surface area contributed by atoms with E-state index in [-0.39, 0.29) is 0 Å². The predicted octanol–water partition coefficient (Wildman–Crippen LogP) is 1.32. The van der Waals surface area contributed by atoms with E-state index in [1.54, 1.807) is 30.1 Å². The van der Waals surface area contributed by atoms with Crippen LogP contribution in [-0.4, -0.2) is 19.7 Å². The zero-order chi connectivity index (χ0) is 10.1. The first-order valence-corrected chi connectivity index (χ1v) is 4.76. The van der Waals surface area contributed by atoms with E-state index in [1.165, 1.54) is 0 Å². The molecular weight excluding hydrogens is 246 g/mol. The topological polar surface area (TPSA) is 69.6 Å². The SMILES string of the molecule is Cc1nc(N)cc(-n2cc(Br)cn2)n1. The molecule has 6 heteroatoms. The number of nitrogen functional groups attached to an aromatic ring is 1. The number of aromatic nitrogens is 4. The summed E-state index contributed by atoms with van der Waals surface area (Å²) in [7, 11) is 0. The Balaban J connectivity index is 2.51. The number of nitrogens with two attached hydrogens (primary N) is 1. The molecule has 0 saturated carbocycles. The lowest BCUT2D eigenvalue weighted by molar-refractivity contribution is 0.830. The summed E-state index contributed by atoms with van der Waals surface area (Å²) in [5.74, 6) is 1.74. The Kier molecular flexibility index (Phi) is 2.20. The van der Waals surface area contributed by atoms with Gasteiger partial charge in [0, 0.05) is 12.3 Å². The van der Waals surface area contributed by atoms with Gasteiger partial charge < -0.3 is 5.73 Å². The molecule has 0 amide bonds. The highest BCUT2D eigenvalue weighted by Gasteiger charge is 2.02. The van der Waals surface area contributed by atoms with E-state index in [9.17, 15) is 0 Å². The van der Waals surface area contributed by atoms with Gasteiger partial charge in [-0.05, 0) is 22.9 Å². The zero-order valence-corrected chi connectivity index (χ0v) is 9.06. The standard InChI is InChI=1S/C8H8BrN5/c1-5-12-7(10)2-8(13-5)14-4-6(9)3-11-14/h2-4H,1H3,(H2,10,12,13). The maximum Gasteiger partial charge on any atom is 0.159 e. The largest absolute Gasteiger partial charge is 0.384 e. The molecule has 0 aliphatic rings. The molecule has 0 aromatic carbocycles. The van der Waals surface area contributed by atoms with Crippen molar-refractivity contribution >= 4 is 21.7 Å². The summed E-state index contributed by atoms with van der Waals surface area (Å²) in [6.07, 6.45) is 3.49. The Morgan fingerprint density at radius 2 is 2.21 bits per heavy atom. The van der Waals surface area contributed by atoms with Crippen molar-refractivity contribution in [1.82, 2.24) is 19.7 Å². The smallest absolute Gasteiger partial charge is 0.159 e. The van der Waals surface area contributed by atoms with Crippen LogP contribution >= 0.6 is 15.9 Å². The third-order valence-electron chi connectivity index (χ3n) is 1.63. The highest BCUT2D eigenvalue weighted by Crippen LogP contribution is 2.12. The fourth-order valence-corrected chi connectivity index (χ4v) is 1.40. The molecule has 2 aromatic rings. The van der Waals surface area contributed by atoms with Gasteiger partial charge in [0.05, 0.1) is 10.7 Å². The van der Waals surface area contributed by atoms with Crippen molar-refractivity contribution in [1.29, 1.82) is 0 Å². The summed E-state index contributed by atoms with van der Waals surface area (Å²) in [5.41, 5.74) is 5.60. The molecule has 0 atom stereocenters. The van der Waals surface area contributed by atoms with Crippen LogP contribution in [0.2, 0.25) is 0 Å². The molecule has 0 radical (unpaired) electrons. The van der Waals surface area contributed by atoms with E-state index in [1.807, 2.05) is 0 Å². The molecule has 2 rings (SSSR count). The predicted molar refractivity (Wildman–Crippen MR) is 56.0 cm³/mol. The average Bonchev–Trinajstić information content (AvgIpc) is 2.50. The second kappa shape index (κ2) is 3.38. The Labute approximate surface area is 89.1 Å². The van der Waals surface area contributed by atoms with Crippen molar-refractivity contribution in [2.24, 2.45) is 0 Å². The first-order valence-electron chi connectivity index (χ1n) is 3.97. The number of nitrogens with zero attached hydrogens (tertiary/aromatic N) is 4. The molecule has 2 N–H and O–H groups in total. The highest BCUT2D eigenvalue weighted by molar-refractivity contribution is 9.10. The van der Waals surface area contributed by atoms with Gasteiger partial charge in [-0.25, -0.2) is 14.6 Å². The minimum atomic E-state index is 0.444. The van der Waals surface area contributed by atoms with E-state index in [2.05, 4.69) is 31.0 Å². The molecule has 0 bridgehead atoms. The van der Waals surface area contributed by atoms with Crippen molar-refractivity contribution in [3.8, 4) is 5.82 Å². The number of halogens is 1. The Morgan fingerprint density at radius 3 is 2.79 bits per heavy atom. The van der Waals surface area contributed by atoms with E-state index < -0.39 is 0 Å². The van der Waals surface area contributed by atoms with Crippen LogP contribution < -0.4 is 5.73 Å². The van der Waals surface area contributed by atoms with Gasteiger partial charge in [0.2, 0.25) is 0 Å². The monoisotopic (exact) mass is 253 g/mol. The number of hydrogen-bond acceptors (Lipinski definition) is 4. The van der Waals surface area contributed by atoms with Crippen molar-refractivity contribution in [3.05, 3.63) is 28.8 Å². The number of hydrogen-bond donors (Lipinski definition) is 1. The lowest BCUT2D eigenvalue weighted by Gasteiger charge is -2.01. The summed E-state index contributed by atoms with van der Waals surface area (Å²) in [5, 5.41) is 4.09. The van der Waals surface area contributed by atoms with Crippen molar-refractivity contribution in [3.63, 3.8) is 0 Å². The van der Waals surface area contributed by atoms with E-state index in [4.69, 9.17) is 5.73 Å². The second-order valence-corrected chi connectivity index (χ2v) is 3.72. The molecule has 5 nitrogen and oxygen atoms in total. The number of anilines is 1. The van der Waals surface area contributed by atoms with Crippen LogP contribution in [0, 0.1) is 6.92 Å². The van der Waals surface area contributed by atoms with Gasteiger partial charge >= 0.3 is 0 Å². The van der Waals surface area contributed by atoms with Crippen LogP contribution in [0.3, 0.4) is 0 Å². The van der Waals surface area contributed by atoms with E-state index >= 15 is 0 Å². The zero-order valence-electron chi connectivity index (χ0n) is 7.48. The number of rotatable bonds is 1. The molecule has 0 saturated heterocycles. The van der Waals surface area contributed by atoms with Gasteiger partial charge in [-0.2, -0.15) is 5.10 Å². The first kappa shape index (κ1) is 9.14. The summed E-state index contributed by atoms with van der Waals surface area (Å²) in [6, 6.07) is 1.67. The molecule has 2 aromatic heterocycles. The average molecular weight is 254 g/mol. The molecule has 0 aliphatic carbocycles. The van der Waals surface area contributed by atoms with Crippen molar-refractivity contribution in [2.45, 2.75) is 6.92 Å². The minimum absolute atomic E-state index is 0.444. The molecule has 0 aliphatic heterocycles. The van der Waals surface area contributed by atoms with Gasteiger partial charge in [0.25, 0.3) is 0 Å². The van der Waals surface area contributed by atoms with Gasteiger partial charge in [-0.3, -0.25) is 0 Å². The van der Waals surface area contributed by atoms with Gasteiger partial charge in [0.15, 0.2) is 5.82 Å². The maximum atomic E-state index is 5.60. The van der Waals surface area contributed by atoms with Crippen LogP contribution in [0.25, 0.3) is 5.82 Å². The van der Waals surface area contributed by atoms with Crippen LogP contribution in [0.5, 0.6) is 0 Å². The van der Waals surface area contributed by atoms with Crippen LogP contribution in [-0.2, 0) is 0 Å². The third-order valence-corrected chi connectivity index (χ3v) is 2.04. The fraction of sp³-hybridized carbons (Fsp3) is 0.125. The van der Waals surface area contributed by atoms with Crippen LogP contribution in [0.15, 0.2) is 22.9 Å². The summed E-state index contributed by atoms with van der Waals surface area (Å²) in [6.45, 7) is 1.79. The highest BCUT2D eigenvalue weighted by atomic mass is 79.9. The van der Waals surface area contributed by atoms with Crippen LogP contribution in [0.4, 0.5) is 5.82 Å². The summed E-state index contributed by atoms with van der Waals surface area (Å²) in [4.78, 5) is 8.19. The Morgan fingerprint density at radius 1 is 1.43 bits per heavy atom. The molecule has 0 spiro atoms. The maximum absolute atomic E-state index is 5.60. The van der Waals surface area contributed by atoms with E-state index in [0.29, 0.717) is 17.5 Å². The first-order chi connectivity index (χ1) is 6.65. The van der Waals surface area contributed by atoms with Gasteiger partial charge in [0.1, 0.15) is 11.6 Å². The number of aryl methyl sites for hydroxylation is 1. The van der Waals surface area contributed by atoms with Crippen molar-refractivity contribution < 1.29 is 0 Å². The molecular formula is C8H8BrN5. The van der Waals surface area contributed by atoms with E-state index in [0.717, 1.165) is 4.47 Å². The quantitative estimate of drug-likeness (QED) is 0.833. The van der Waals surface area contributed by atoms with Crippen molar-refractivity contribution in [2.75, 3.05) is 5.73 Å². The van der Waals surface area contributed by atoms with Gasteiger partial charge in [-0.1, -0.05) is 0 Å². The summed E-state index contributed by atoms with van der Waals surface area (Å²) >= 11 is 3.31. The normalized spacial score (nSPS) is 10.4. The molecule has 0 fully saturated rings. The lowest BCUT2D eigenvalue weighted by atomic mass is 10.5. The minimum Gasteiger partial charge on any atom is -0.384 e. The third kappa shape index (κ3) is 1.74. The summed E-state index contributed by atoms with van der Waals surface area (Å²) < 4.78 is 2.53. The van der Waals surface area contributed by atoms with Gasteiger partial charge in [-0.15, -0.1) is 0 Å². The molecule has 0 unspecified atom stereocenters. The molecule has 2 heterocycles. The second-order valence-electron chi connectivity index (χ2n) is 2.80. The Bertz CT molecular complexity index is 444. The lowest BCUT2D eigenvalue weighted by Crippen LogP contribution is -2.03. The Hall–Kier alpha value is -1.43. The van der Waals surface area contributed by atoms with Crippen LogP contribution in [0.1, 0.15) is 5.82 Å². The molecule has 72 valence electrons. The fourth-order valence-electron chi connectivity index (χ4n) is 1.12.